The first-order chi connectivity index (χ1) is 34.0. The van der Waals surface area contributed by atoms with Gasteiger partial charge in [-0.2, -0.15) is 16.8 Å². The van der Waals surface area contributed by atoms with E-state index in [9.17, 15) is 16.8 Å². The van der Waals surface area contributed by atoms with Gasteiger partial charge in [-0.05, 0) is 58.6 Å². The molecule has 71 heavy (non-hydrogen) atoms. The van der Waals surface area contributed by atoms with Crippen LogP contribution in [0.2, 0.25) is 0 Å². The first-order valence-electron chi connectivity index (χ1n) is 24.3. The maximum absolute atomic E-state index is 10.9. The zero-order valence-electron chi connectivity index (χ0n) is 43.3. The molecule has 0 saturated carbocycles. The molecular formula is C49H86O20S2. The summed E-state index contributed by atoms with van der Waals surface area (Å²) in [4.78, 5) is 0. The fourth-order valence-electron chi connectivity index (χ4n) is 6.62. The quantitative estimate of drug-likeness (QED) is 0.0589. The lowest BCUT2D eigenvalue weighted by atomic mass is 10.0. The van der Waals surface area contributed by atoms with Crippen molar-refractivity contribution >= 4 is 20.2 Å². The number of ether oxygens (including phenoxy) is 14. The van der Waals surface area contributed by atoms with Crippen molar-refractivity contribution in [1.29, 1.82) is 0 Å². The number of benzene rings is 2. The molecule has 20 nitrogen and oxygen atoms in total. The molecule has 7 atom stereocenters. The van der Waals surface area contributed by atoms with E-state index in [4.69, 9.17) is 75.4 Å². The van der Waals surface area contributed by atoms with E-state index in [1.807, 2.05) is 109 Å². The van der Waals surface area contributed by atoms with Gasteiger partial charge in [0.15, 0.2) is 11.9 Å². The monoisotopic (exact) mass is 1060 g/mol. The SMILES string of the molecule is CCC(OCCOC)C(OCCOC(C)C)C(OCCOCc1ccccc1)C(C)OCCOCS(=O)(=O)O.CCOCCOC(CC)C(OCCOCc1ccccc1)C(C)OCCOCS(=O)(=O)O. The van der Waals surface area contributed by atoms with Crippen LogP contribution in [0.25, 0.3) is 0 Å². The highest BCUT2D eigenvalue weighted by Gasteiger charge is 2.36. The number of hydrogen-bond donors (Lipinski definition) is 2. The van der Waals surface area contributed by atoms with E-state index >= 15 is 0 Å². The van der Waals surface area contributed by atoms with Crippen LogP contribution in [0.15, 0.2) is 60.7 Å². The summed E-state index contributed by atoms with van der Waals surface area (Å²) in [6, 6.07) is 19.8. The van der Waals surface area contributed by atoms with E-state index in [1.165, 1.54) is 0 Å². The van der Waals surface area contributed by atoms with Crippen LogP contribution >= 0.6 is 0 Å². The first-order valence-corrected chi connectivity index (χ1v) is 27.5. The average Bonchev–Trinajstić information content (AvgIpc) is 3.33. The van der Waals surface area contributed by atoms with Crippen molar-refractivity contribution in [1.82, 2.24) is 0 Å². The van der Waals surface area contributed by atoms with Crippen molar-refractivity contribution in [3.8, 4) is 0 Å². The van der Waals surface area contributed by atoms with Gasteiger partial charge in [0.25, 0.3) is 20.2 Å². The first kappa shape index (κ1) is 66.7. The summed E-state index contributed by atoms with van der Waals surface area (Å²) in [5.74, 6) is -1.56. The zero-order chi connectivity index (χ0) is 52.6. The topological polar surface area (TPSA) is 238 Å². The van der Waals surface area contributed by atoms with Gasteiger partial charge in [-0.1, -0.05) is 74.5 Å². The fraction of sp³-hybridized carbons (Fsp3) is 0.755. The Morgan fingerprint density at radius 3 is 1.24 bits per heavy atom. The van der Waals surface area contributed by atoms with Gasteiger partial charge in [-0.15, -0.1) is 0 Å². The van der Waals surface area contributed by atoms with Gasteiger partial charge in [0.05, 0.1) is 136 Å². The zero-order valence-corrected chi connectivity index (χ0v) is 44.9. The summed E-state index contributed by atoms with van der Waals surface area (Å²) < 4.78 is 141. The minimum Gasteiger partial charge on any atom is -0.382 e. The molecule has 2 rings (SSSR count). The Bertz CT molecular complexity index is 1730. The van der Waals surface area contributed by atoms with E-state index in [0.29, 0.717) is 98.7 Å². The summed E-state index contributed by atoms with van der Waals surface area (Å²) >= 11 is 0. The van der Waals surface area contributed by atoms with Crippen LogP contribution in [-0.4, -0.2) is 193 Å². The van der Waals surface area contributed by atoms with Crippen molar-refractivity contribution in [3.63, 3.8) is 0 Å². The largest absolute Gasteiger partial charge is 0.382 e. The molecule has 0 radical (unpaired) electrons. The Morgan fingerprint density at radius 2 is 0.789 bits per heavy atom. The lowest BCUT2D eigenvalue weighted by molar-refractivity contribution is -0.187. The molecule has 0 aromatic heterocycles. The molecule has 2 aromatic rings. The van der Waals surface area contributed by atoms with Crippen molar-refractivity contribution in [3.05, 3.63) is 71.8 Å². The number of hydrogen-bond acceptors (Lipinski definition) is 18. The molecule has 0 amide bonds. The lowest BCUT2D eigenvalue weighted by Crippen LogP contribution is -2.49. The van der Waals surface area contributed by atoms with Crippen LogP contribution in [0.1, 0.15) is 72.4 Å². The van der Waals surface area contributed by atoms with Crippen molar-refractivity contribution < 1.29 is 92.3 Å². The van der Waals surface area contributed by atoms with Crippen LogP contribution in [0, 0.1) is 0 Å². The molecule has 0 aliphatic carbocycles. The van der Waals surface area contributed by atoms with E-state index in [1.54, 1.807) is 7.11 Å². The van der Waals surface area contributed by atoms with Crippen LogP contribution in [0.3, 0.4) is 0 Å². The van der Waals surface area contributed by atoms with Crippen LogP contribution < -0.4 is 0 Å². The number of methoxy groups -OCH3 is 1. The Hall–Kier alpha value is -2.30. The maximum Gasteiger partial charge on any atom is 0.289 e. The van der Waals surface area contributed by atoms with Gasteiger partial charge in [0, 0.05) is 13.7 Å². The van der Waals surface area contributed by atoms with E-state index in [2.05, 4.69) is 0 Å². The Labute approximate surface area is 424 Å². The summed E-state index contributed by atoms with van der Waals surface area (Å²) in [7, 11) is -6.76. The molecule has 7 unspecified atom stereocenters. The Balaban J connectivity index is 0.000000724. The molecule has 0 fully saturated rings. The van der Waals surface area contributed by atoms with Crippen LogP contribution in [0.4, 0.5) is 0 Å². The van der Waals surface area contributed by atoms with Crippen LogP contribution in [0.5, 0.6) is 0 Å². The standard InChI is InChI=1S/C27H48O11S.C22H38O9S/c1-6-25(36-15-12-31-5)27(38-19-18-34-22(2)3)26(23(4)35-16-14-33-21-39(28,29)30)37-17-13-32-20-24-10-8-7-9-11-24;1-4-21(30-15-11-26-5-2)22(19(3)29-14-13-28-18-32(23,24)25)31-16-12-27-17-20-9-7-6-8-10-20/h7-11,22-23,25-27H,6,12-21H2,1-5H3,(H,28,29,30);6-10,19,21-22H,4-5,11-18H2,1-3H3,(H,23,24,25). The van der Waals surface area contributed by atoms with Gasteiger partial charge < -0.3 is 66.3 Å². The molecule has 22 heteroatoms. The van der Waals surface area contributed by atoms with E-state index in [-0.39, 0.29) is 56.9 Å². The summed E-state index contributed by atoms with van der Waals surface area (Å²) in [6.45, 7) is 19.4. The molecular weight excluding hydrogens is 973 g/mol. The average molecular weight is 1060 g/mol. The minimum absolute atomic E-state index is 0.0215. The molecule has 0 saturated heterocycles. The Morgan fingerprint density at radius 1 is 0.423 bits per heavy atom. The van der Waals surface area contributed by atoms with E-state index in [0.717, 1.165) is 11.1 Å². The molecule has 0 aliphatic rings. The third kappa shape index (κ3) is 36.3. The molecule has 2 N–H and O–H groups in total. The van der Waals surface area contributed by atoms with Crippen molar-refractivity contribution in [2.75, 3.05) is 118 Å². The molecule has 2 aromatic carbocycles. The third-order valence-electron chi connectivity index (χ3n) is 10.00. The number of rotatable bonds is 45. The third-order valence-corrected chi connectivity index (χ3v) is 10.9. The highest BCUT2D eigenvalue weighted by molar-refractivity contribution is 7.85. The van der Waals surface area contributed by atoms with Crippen molar-refractivity contribution in [2.24, 2.45) is 0 Å². The van der Waals surface area contributed by atoms with Gasteiger partial charge in [0.1, 0.15) is 18.3 Å². The lowest BCUT2D eigenvalue weighted by Gasteiger charge is -2.36. The summed E-state index contributed by atoms with van der Waals surface area (Å²) in [6.07, 6.45) is -1.27. The maximum atomic E-state index is 10.9. The highest BCUT2D eigenvalue weighted by atomic mass is 32.2. The van der Waals surface area contributed by atoms with Crippen molar-refractivity contribution in [2.45, 2.75) is 123 Å². The Kier molecular flexibility index (Phi) is 39.4. The fourth-order valence-corrected chi connectivity index (χ4v) is 7.28. The molecule has 0 spiro atoms. The summed E-state index contributed by atoms with van der Waals surface area (Å²) in [5, 5.41) is 0. The smallest absolute Gasteiger partial charge is 0.289 e. The molecule has 0 bridgehead atoms. The second-order valence-corrected chi connectivity index (χ2v) is 19.0. The highest BCUT2D eigenvalue weighted by Crippen LogP contribution is 2.21. The molecule has 414 valence electrons. The molecule has 0 heterocycles. The normalized spacial score (nSPS) is 15.1. The van der Waals surface area contributed by atoms with Crippen LogP contribution in [-0.2, 0) is 99.8 Å². The van der Waals surface area contributed by atoms with Gasteiger partial charge in [0.2, 0.25) is 0 Å². The minimum atomic E-state index is -4.21. The van der Waals surface area contributed by atoms with Gasteiger partial charge >= 0.3 is 0 Å². The second-order valence-electron chi connectivity index (χ2n) is 16.2. The second kappa shape index (κ2) is 42.0. The molecule has 0 aliphatic heterocycles. The van der Waals surface area contributed by atoms with Gasteiger partial charge in [-0.3, -0.25) is 9.11 Å². The van der Waals surface area contributed by atoms with Gasteiger partial charge in [-0.25, -0.2) is 0 Å². The summed E-state index contributed by atoms with van der Waals surface area (Å²) in [5.41, 5.74) is 2.16. The van der Waals surface area contributed by atoms with E-state index < -0.39 is 50.4 Å². The predicted octanol–water partition coefficient (Wildman–Crippen LogP) is 5.79. The predicted molar refractivity (Wildman–Crippen MR) is 266 cm³/mol.